The molecule has 0 aliphatic carbocycles. The molecule has 0 unspecified atom stereocenters. The summed E-state index contributed by atoms with van der Waals surface area (Å²) in [5, 5.41) is 4.67. The number of fused-ring (bicyclic) bond motifs is 1. The van der Waals surface area contributed by atoms with Crippen LogP contribution in [0.25, 0.3) is 0 Å². The summed E-state index contributed by atoms with van der Waals surface area (Å²) >= 11 is 1.21. The first-order valence-corrected chi connectivity index (χ1v) is 11.7. The van der Waals surface area contributed by atoms with E-state index in [-0.39, 0.29) is 11.4 Å². The molecule has 1 aliphatic rings. The van der Waals surface area contributed by atoms with E-state index in [9.17, 15) is 17.6 Å². The van der Waals surface area contributed by atoms with Crippen molar-refractivity contribution in [2.75, 3.05) is 10.8 Å². The number of benzene rings is 2. The molecule has 0 amide bonds. The molecular weight excluding hydrogens is 423 g/mol. The number of ketones is 1. The molecule has 3 aromatic rings. The van der Waals surface area contributed by atoms with Crippen LogP contribution in [0.3, 0.4) is 0 Å². The Morgan fingerprint density at radius 3 is 2.47 bits per heavy atom. The van der Waals surface area contributed by atoms with E-state index < -0.39 is 21.6 Å². The number of anilines is 1. The van der Waals surface area contributed by atoms with Crippen LogP contribution in [0.5, 0.6) is 0 Å². The Kier molecular flexibility index (Phi) is 5.69. The SMILES string of the molecule is O=C1/C(=C/NCCc2ccccc2)S(=O)(=O)N(Cc2ccc(F)cc2)c2ccsc21. The summed E-state index contributed by atoms with van der Waals surface area (Å²) < 4.78 is 40.9. The maximum Gasteiger partial charge on any atom is 0.270 e. The lowest BCUT2D eigenvalue weighted by Gasteiger charge is -2.29. The number of Topliss-reactive ketones (excluding diaryl/α,β-unsaturated/α-hetero) is 1. The lowest BCUT2D eigenvalue weighted by Crippen LogP contribution is -2.38. The molecule has 5 nitrogen and oxygen atoms in total. The van der Waals surface area contributed by atoms with E-state index in [4.69, 9.17) is 0 Å². The van der Waals surface area contributed by atoms with Gasteiger partial charge < -0.3 is 5.32 Å². The fourth-order valence-corrected chi connectivity index (χ4v) is 5.75. The number of hydrogen-bond acceptors (Lipinski definition) is 5. The molecule has 0 saturated heterocycles. The van der Waals surface area contributed by atoms with Gasteiger partial charge >= 0.3 is 0 Å². The molecule has 0 radical (unpaired) electrons. The van der Waals surface area contributed by atoms with Crippen LogP contribution in [0, 0.1) is 5.82 Å². The van der Waals surface area contributed by atoms with Crippen molar-refractivity contribution in [3.63, 3.8) is 0 Å². The van der Waals surface area contributed by atoms with Crippen molar-refractivity contribution >= 4 is 32.8 Å². The first-order valence-electron chi connectivity index (χ1n) is 9.33. The molecule has 1 aliphatic heterocycles. The normalized spacial score (nSPS) is 16.5. The molecule has 30 heavy (non-hydrogen) atoms. The monoisotopic (exact) mass is 442 g/mol. The predicted molar refractivity (Wildman–Crippen MR) is 116 cm³/mol. The number of sulfonamides is 1. The summed E-state index contributed by atoms with van der Waals surface area (Å²) in [5.74, 6) is -0.905. The molecule has 0 bridgehead atoms. The zero-order valence-electron chi connectivity index (χ0n) is 15.9. The quantitative estimate of drug-likeness (QED) is 0.461. The van der Waals surface area contributed by atoms with Gasteiger partial charge in [-0.3, -0.25) is 9.10 Å². The van der Waals surface area contributed by atoms with E-state index in [0.717, 1.165) is 5.56 Å². The number of halogens is 1. The minimum Gasteiger partial charge on any atom is -0.389 e. The Morgan fingerprint density at radius 2 is 1.73 bits per heavy atom. The third-order valence-electron chi connectivity index (χ3n) is 4.78. The lowest BCUT2D eigenvalue weighted by molar-refractivity contribution is 0.104. The maximum atomic E-state index is 13.2. The Morgan fingerprint density at radius 1 is 1.00 bits per heavy atom. The molecule has 1 aromatic heterocycles. The van der Waals surface area contributed by atoms with Crippen LogP contribution in [0.2, 0.25) is 0 Å². The van der Waals surface area contributed by atoms with Gasteiger partial charge in [-0.2, -0.15) is 0 Å². The Bertz CT molecular complexity index is 1190. The van der Waals surface area contributed by atoms with Crippen molar-refractivity contribution in [2.45, 2.75) is 13.0 Å². The molecule has 2 aromatic carbocycles. The van der Waals surface area contributed by atoms with Crippen molar-refractivity contribution in [1.29, 1.82) is 0 Å². The smallest absolute Gasteiger partial charge is 0.270 e. The number of nitrogens with zero attached hydrogens (tertiary/aromatic N) is 1. The summed E-state index contributed by atoms with van der Waals surface area (Å²) in [6, 6.07) is 17.0. The predicted octanol–water partition coefficient (Wildman–Crippen LogP) is 4.09. The van der Waals surface area contributed by atoms with Crippen LogP contribution in [0.1, 0.15) is 20.8 Å². The van der Waals surface area contributed by atoms with Gasteiger partial charge in [0.2, 0.25) is 5.78 Å². The molecule has 0 atom stereocenters. The molecule has 0 fully saturated rings. The molecule has 154 valence electrons. The van der Waals surface area contributed by atoms with Crippen LogP contribution < -0.4 is 9.62 Å². The lowest BCUT2D eigenvalue weighted by atomic mass is 10.1. The molecule has 1 N–H and O–H groups in total. The molecule has 2 heterocycles. The number of carbonyl (C=O) groups is 1. The third kappa shape index (κ3) is 4.01. The van der Waals surface area contributed by atoms with E-state index in [0.29, 0.717) is 29.1 Å². The highest BCUT2D eigenvalue weighted by molar-refractivity contribution is 7.97. The Balaban J connectivity index is 1.59. The third-order valence-corrected chi connectivity index (χ3v) is 7.45. The van der Waals surface area contributed by atoms with Crippen molar-refractivity contribution in [1.82, 2.24) is 5.32 Å². The van der Waals surface area contributed by atoms with Gasteiger partial charge in [0, 0.05) is 12.7 Å². The van der Waals surface area contributed by atoms with E-state index in [1.54, 1.807) is 11.4 Å². The average Bonchev–Trinajstić information content (AvgIpc) is 3.22. The molecule has 0 saturated carbocycles. The van der Waals surface area contributed by atoms with Gasteiger partial charge in [0.05, 0.1) is 12.2 Å². The fraction of sp³-hybridized carbons (Fsp3) is 0.136. The number of thiophene rings is 1. The second-order valence-corrected chi connectivity index (χ2v) is 9.55. The average molecular weight is 443 g/mol. The molecule has 4 rings (SSSR count). The second-order valence-electron chi connectivity index (χ2n) is 6.80. The van der Waals surface area contributed by atoms with Crippen molar-refractivity contribution in [3.05, 3.63) is 99.0 Å². The second kappa shape index (κ2) is 8.41. The Hall–Kier alpha value is -2.97. The first kappa shape index (κ1) is 20.3. The number of carbonyl (C=O) groups excluding carboxylic acids is 1. The van der Waals surface area contributed by atoms with Crippen LogP contribution in [0.4, 0.5) is 10.1 Å². The molecular formula is C22H19FN2O3S2. The van der Waals surface area contributed by atoms with Gasteiger partial charge in [-0.05, 0) is 41.1 Å². The van der Waals surface area contributed by atoms with E-state index in [2.05, 4.69) is 5.32 Å². The summed E-state index contributed by atoms with van der Waals surface area (Å²) in [5.41, 5.74) is 2.10. The standard InChI is InChI=1S/C22H19FN2O3S2/c23-18-8-6-17(7-9-18)15-25-19-11-13-29-22(19)21(26)20(30(25,27)28)14-24-12-10-16-4-2-1-3-5-16/h1-9,11,13-14,24H,10,12,15H2/b20-14-. The number of allylic oxidation sites excluding steroid dienone is 1. The van der Waals surface area contributed by atoms with Crippen LogP contribution in [-0.4, -0.2) is 20.7 Å². The minimum atomic E-state index is -4.05. The van der Waals surface area contributed by atoms with Gasteiger partial charge in [-0.1, -0.05) is 42.5 Å². The number of hydrogen-bond donors (Lipinski definition) is 1. The number of rotatable bonds is 6. The highest BCUT2D eigenvalue weighted by atomic mass is 32.2. The summed E-state index contributed by atoms with van der Waals surface area (Å²) in [7, 11) is -4.05. The van der Waals surface area contributed by atoms with Crippen molar-refractivity contribution in [3.8, 4) is 0 Å². The van der Waals surface area contributed by atoms with Crippen LogP contribution >= 0.6 is 11.3 Å². The largest absolute Gasteiger partial charge is 0.389 e. The van der Waals surface area contributed by atoms with Crippen molar-refractivity contribution in [2.24, 2.45) is 0 Å². The zero-order valence-corrected chi connectivity index (χ0v) is 17.5. The van der Waals surface area contributed by atoms with Gasteiger partial charge in [-0.25, -0.2) is 12.8 Å². The summed E-state index contributed by atoms with van der Waals surface area (Å²) in [6.07, 6.45) is 1.99. The van der Waals surface area contributed by atoms with Gasteiger partial charge in [-0.15, -0.1) is 11.3 Å². The Labute approximate surface area is 178 Å². The van der Waals surface area contributed by atoms with Crippen LogP contribution in [-0.2, 0) is 23.0 Å². The zero-order chi connectivity index (χ0) is 21.1. The minimum absolute atomic E-state index is 0.0149. The van der Waals surface area contributed by atoms with E-state index in [1.807, 2.05) is 30.3 Å². The van der Waals surface area contributed by atoms with E-state index >= 15 is 0 Å². The van der Waals surface area contributed by atoms with E-state index in [1.165, 1.54) is 46.1 Å². The van der Waals surface area contributed by atoms with Crippen LogP contribution in [0.15, 0.2) is 77.1 Å². The van der Waals surface area contributed by atoms with Crippen molar-refractivity contribution < 1.29 is 17.6 Å². The van der Waals surface area contributed by atoms with Gasteiger partial charge in [0.25, 0.3) is 10.0 Å². The summed E-state index contributed by atoms with van der Waals surface area (Å²) in [4.78, 5) is 12.9. The molecule has 0 spiro atoms. The number of nitrogens with one attached hydrogen (secondary N) is 1. The maximum absolute atomic E-state index is 13.2. The topological polar surface area (TPSA) is 66.5 Å². The highest BCUT2D eigenvalue weighted by Gasteiger charge is 2.41. The highest BCUT2D eigenvalue weighted by Crippen LogP contribution is 2.39. The fourth-order valence-electron chi connectivity index (χ4n) is 3.24. The first-order chi connectivity index (χ1) is 14.5. The van der Waals surface area contributed by atoms with Gasteiger partial charge in [0.1, 0.15) is 10.7 Å². The summed E-state index contributed by atoms with van der Waals surface area (Å²) in [6.45, 7) is 0.507. The molecule has 8 heteroatoms. The van der Waals surface area contributed by atoms with Gasteiger partial charge in [0.15, 0.2) is 4.91 Å².